The van der Waals surface area contributed by atoms with E-state index in [1.165, 1.54) is 0 Å². The summed E-state index contributed by atoms with van der Waals surface area (Å²) < 4.78 is 5.93. The summed E-state index contributed by atoms with van der Waals surface area (Å²) in [5, 5.41) is 0.893. The van der Waals surface area contributed by atoms with Gasteiger partial charge in [-0.05, 0) is 41.1 Å². The number of carbonyl (C=O) groups is 1. The third kappa shape index (κ3) is 4.11. The molecule has 0 aliphatic carbocycles. The van der Waals surface area contributed by atoms with Gasteiger partial charge in [0.2, 0.25) is 0 Å². The minimum absolute atomic E-state index is 0.260. The number of hydrogen-bond donors (Lipinski definition) is 0. The molecule has 2 nitrogen and oxygen atoms in total. The van der Waals surface area contributed by atoms with Gasteiger partial charge in [-0.15, -0.1) is 0 Å². The van der Waals surface area contributed by atoms with Crippen LogP contribution in [0.3, 0.4) is 0 Å². The molecular formula is C11H11Cl2IO2. The van der Waals surface area contributed by atoms with Crippen LogP contribution in [0.25, 0.3) is 0 Å². The maximum Gasteiger partial charge on any atom is 0.311 e. The van der Waals surface area contributed by atoms with Crippen molar-refractivity contribution in [3.63, 3.8) is 0 Å². The van der Waals surface area contributed by atoms with E-state index in [4.69, 9.17) is 27.9 Å². The Morgan fingerprint density at radius 1 is 1.44 bits per heavy atom. The highest BCUT2D eigenvalue weighted by Crippen LogP contribution is 2.33. The lowest BCUT2D eigenvalue weighted by Gasteiger charge is -2.08. The second-order valence-corrected chi connectivity index (χ2v) is 5.28. The minimum atomic E-state index is -0.260. The first-order valence-electron chi connectivity index (χ1n) is 4.89. The first-order valence-corrected chi connectivity index (χ1v) is 6.73. The van der Waals surface area contributed by atoms with Crippen molar-refractivity contribution >= 4 is 51.8 Å². The van der Waals surface area contributed by atoms with E-state index >= 15 is 0 Å². The van der Waals surface area contributed by atoms with E-state index < -0.39 is 0 Å². The van der Waals surface area contributed by atoms with Crippen LogP contribution in [0.1, 0.15) is 26.2 Å². The fourth-order valence-corrected chi connectivity index (χ4v) is 2.72. The van der Waals surface area contributed by atoms with Crippen molar-refractivity contribution in [1.82, 2.24) is 0 Å². The summed E-state index contributed by atoms with van der Waals surface area (Å²) in [6.45, 7) is 2.02. The Morgan fingerprint density at radius 3 is 2.69 bits per heavy atom. The quantitative estimate of drug-likeness (QED) is 0.435. The molecule has 0 aliphatic rings. The van der Waals surface area contributed by atoms with Crippen molar-refractivity contribution in [3.8, 4) is 5.75 Å². The van der Waals surface area contributed by atoms with Gasteiger partial charge in [0.1, 0.15) is 0 Å². The molecule has 0 atom stereocenters. The first-order chi connectivity index (χ1) is 7.54. The lowest BCUT2D eigenvalue weighted by molar-refractivity contribution is -0.134. The Hall–Kier alpha value is -0.000000000000000111. The van der Waals surface area contributed by atoms with Crippen LogP contribution >= 0.6 is 45.8 Å². The summed E-state index contributed by atoms with van der Waals surface area (Å²) in [6, 6.07) is 3.27. The van der Waals surface area contributed by atoms with Gasteiger partial charge in [0.25, 0.3) is 0 Å². The van der Waals surface area contributed by atoms with Crippen molar-refractivity contribution in [2.45, 2.75) is 26.2 Å². The van der Waals surface area contributed by atoms with Crippen molar-refractivity contribution < 1.29 is 9.53 Å². The monoisotopic (exact) mass is 372 g/mol. The summed E-state index contributed by atoms with van der Waals surface area (Å²) in [7, 11) is 0. The van der Waals surface area contributed by atoms with Gasteiger partial charge >= 0.3 is 5.97 Å². The van der Waals surface area contributed by atoms with Gasteiger partial charge in [0.15, 0.2) is 5.75 Å². The molecule has 0 spiro atoms. The number of unbranched alkanes of at least 4 members (excludes halogenated alkanes) is 1. The molecule has 0 amide bonds. The summed E-state index contributed by atoms with van der Waals surface area (Å²) in [6.07, 6.45) is 2.19. The predicted octanol–water partition coefficient (Wildman–Crippen LogP) is 4.69. The van der Waals surface area contributed by atoms with Crippen LogP contribution in [0.4, 0.5) is 0 Å². The van der Waals surface area contributed by atoms with E-state index in [0.29, 0.717) is 22.2 Å². The Labute approximate surface area is 118 Å². The Balaban J connectivity index is 2.77. The average molecular weight is 373 g/mol. The molecule has 0 unspecified atom stereocenters. The Bertz CT molecular complexity index is 371. The smallest absolute Gasteiger partial charge is 0.311 e. The largest absolute Gasteiger partial charge is 0.424 e. The van der Waals surface area contributed by atoms with Gasteiger partial charge in [0.05, 0.1) is 8.59 Å². The van der Waals surface area contributed by atoms with Gasteiger partial charge in [-0.1, -0.05) is 36.5 Å². The van der Waals surface area contributed by atoms with Gasteiger partial charge in [0, 0.05) is 11.4 Å². The van der Waals surface area contributed by atoms with Crippen LogP contribution in [-0.2, 0) is 4.79 Å². The molecule has 0 heterocycles. The van der Waals surface area contributed by atoms with Crippen LogP contribution in [0.15, 0.2) is 12.1 Å². The summed E-state index contributed by atoms with van der Waals surface area (Å²) in [4.78, 5) is 11.4. The molecule has 0 aromatic heterocycles. The number of benzene rings is 1. The molecular weight excluding hydrogens is 362 g/mol. The van der Waals surface area contributed by atoms with Gasteiger partial charge in [-0.3, -0.25) is 4.79 Å². The molecule has 0 N–H and O–H groups in total. The molecule has 88 valence electrons. The van der Waals surface area contributed by atoms with Crippen LogP contribution in [-0.4, -0.2) is 5.97 Å². The van der Waals surface area contributed by atoms with Crippen molar-refractivity contribution in [1.29, 1.82) is 0 Å². The zero-order valence-corrected chi connectivity index (χ0v) is 12.4. The van der Waals surface area contributed by atoms with Crippen LogP contribution in [0.5, 0.6) is 5.75 Å². The highest BCUT2D eigenvalue weighted by molar-refractivity contribution is 14.1. The van der Waals surface area contributed by atoms with Crippen LogP contribution in [0, 0.1) is 3.57 Å². The van der Waals surface area contributed by atoms with Gasteiger partial charge < -0.3 is 4.74 Å². The van der Waals surface area contributed by atoms with E-state index in [1.54, 1.807) is 12.1 Å². The molecule has 1 aromatic carbocycles. The standard InChI is InChI=1S/C11H11Cl2IO2/c1-2-3-4-10(15)16-11-8(13)5-7(12)6-9(11)14/h5-6H,2-4H2,1H3. The second-order valence-electron chi connectivity index (χ2n) is 3.28. The predicted molar refractivity (Wildman–Crippen MR) is 74.3 cm³/mol. The molecule has 1 aromatic rings. The number of ether oxygens (including phenoxy) is 1. The zero-order chi connectivity index (χ0) is 12.1. The molecule has 0 saturated heterocycles. The first kappa shape index (κ1) is 14.1. The Morgan fingerprint density at radius 2 is 2.12 bits per heavy atom. The third-order valence-electron chi connectivity index (χ3n) is 1.91. The fraction of sp³-hybridized carbons (Fsp3) is 0.364. The molecule has 1 rings (SSSR count). The third-order valence-corrected chi connectivity index (χ3v) is 3.21. The van der Waals surface area contributed by atoms with E-state index in [0.717, 1.165) is 16.4 Å². The summed E-state index contributed by atoms with van der Waals surface area (Å²) >= 11 is 13.8. The van der Waals surface area contributed by atoms with E-state index in [2.05, 4.69) is 0 Å². The van der Waals surface area contributed by atoms with E-state index in [-0.39, 0.29) is 5.97 Å². The molecule has 0 aliphatic heterocycles. The SMILES string of the molecule is CCCCC(=O)Oc1c(Cl)cc(Cl)cc1I. The lowest BCUT2D eigenvalue weighted by Crippen LogP contribution is -2.08. The maximum absolute atomic E-state index is 11.4. The summed E-state index contributed by atoms with van der Waals surface area (Å²) in [5.41, 5.74) is 0. The number of hydrogen-bond acceptors (Lipinski definition) is 2. The minimum Gasteiger partial charge on any atom is -0.424 e. The number of esters is 1. The van der Waals surface area contributed by atoms with E-state index in [1.807, 2.05) is 29.5 Å². The summed E-state index contributed by atoms with van der Waals surface area (Å²) in [5.74, 6) is 0.136. The normalized spacial score (nSPS) is 10.2. The topological polar surface area (TPSA) is 26.3 Å². The van der Waals surface area contributed by atoms with Crippen molar-refractivity contribution in [2.24, 2.45) is 0 Å². The number of halogens is 3. The molecule has 16 heavy (non-hydrogen) atoms. The lowest BCUT2D eigenvalue weighted by atomic mass is 10.2. The molecule has 5 heteroatoms. The number of carbonyl (C=O) groups excluding carboxylic acids is 1. The molecule has 0 fully saturated rings. The second kappa shape index (κ2) is 6.67. The zero-order valence-electron chi connectivity index (χ0n) is 8.73. The van der Waals surface area contributed by atoms with Crippen molar-refractivity contribution in [3.05, 3.63) is 25.7 Å². The van der Waals surface area contributed by atoms with Crippen molar-refractivity contribution in [2.75, 3.05) is 0 Å². The molecule has 0 radical (unpaired) electrons. The number of rotatable bonds is 4. The highest BCUT2D eigenvalue weighted by Gasteiger charge is 2.12. The van der Waals surface area contributed by atoms with Gasteiger partial charge in [-0.25, -0.2) is 0 Å². The van der Waals surface area contributed by atoms with E-state index in [9.17, 15) is 4.79 Å². The van der Waals surface area contributed by atoms with Gasteiger partial charge in [-0.2, -0.15) is 0 Å². The highest BCUT2D eigenvalue weighted by atomic mass is 127. The van der Waals surface area contributed by atoms with Crippen LogP contribution < -0.4 is 4.74 Å². The maximum atomic E-state index is 11.4. The molecule has 0 bridgehead atoms. The molecule has 0 saturated carbocycles. The Kier molecular flexibility index (Phi) is 5.86. The fourth-order valence-electron chi connectivity index (χ4n) is 1.11. The average Bonchev–Trinajstić information content (AvgIpc) is 2.20. The van der Waals surface area contributed by atoms with Crippen LogP contribution in [0.2, 0.25) is 10.0 Å².